The fraction of sp³-hybridized carbons (Fsp3) is 0.450. The molecule has 6 heteroatoms. The molecule has 1 saturated carbocycles. The number of ether oxygens (including phenoxy) is 1. The summed E-state index contributed by atoms with van der Waals surface area (Å²) in [6.07, 6.45) is 7.78. The Balaban J connectivity index is 1.58. The summed E-state index contributed by atoms with van der Waals surface area (Å²) in [7, 11) is 0. The zero-order valence-electron chi connectivity index (χ0n) is 14.9. The Morgan fingerprint density at radius 3 is 2.65 bits per heavy atom. The number of carbonyl (C=O) groups excluding carboxylic acids is 3. The Morgan fingerprint density at radius 2 is 1.92 bits per heavy atom. The molecule has 1 atom stereocenters. The monoisotopic (exact) mass is 356 g/mol. The summed E-state index contributed by atoms with van der Waals surface area (Å²) in [6, 6.07) is 7.42. The van der Waals surface area contributed by atoms with Gasteiger partial charge in [-0.3, -0.25) is 14.4 Å². The molecule has 138 valence electrons. The van der Waals surface area contributed by atoms with Gasteiger partial charge in [0.25, 0.3) is 5.91 Å². The predicted octanol–water partition coefficient (Wildman–Crippen LogP) is 2.55. The number of nitrogens with one attached hydrogen (secondary N) is 1. The van der Waals surface area contributed by atoms with E-state index >= 15 is 0 Å². The lowest BCUT2D eigenvalue weighted by atomic mass is 9.94. The van der Waals surface area contributed by atoms with E-state index in [9.17, 15) is 14.4 Å². The lowest BCUT2D eigenvalue weighted by molar-refractivity contribution is -0.150. The van der Waals surface area contributed by atoms with Crippen LogP contribution in [0.4, 0.5) is 0 Å². The fourth-order valence-corrected chi connectivity index (χ4v) is 3.62. The van der Waals surface area contributed by atoms with Crippen molar-refractivity contribution in [3.63, 3.8) is 0 Å². The van der Waals surface area contributed by atoms with Crippen molar-refractivity contribution in [1.82, 2.24) is 10.2 Å². The lowest BCUT2D eigenvalue weighted by Gasteiger charge is -2.32. The van der Waals surface area contributed by atoms with Crippen LogP contribution in [-0.2, 0) is 19.1 Å². The Labute approximate surface area is 153 Å². The first kappa shape index (κ1) is 18.2. The summed E-state index contributed by atoms with van der Waals surface area (Å²) in [5.41, 5.74) is 1.87. The van der Waals surface area contributed by atoms with E-state index in [-0.39, 0.29) is 30.9 Å². The van der Waals surface area contributed by atoms with Crippen LogP contribution in [0, 0.1) is 0 Å². The minimum Gasteiger partial charge on any atom is -0.456 e. The molecule has 0 unspecified atom stereocenters. The van der Waals surface area contributed by atoms with Gasteiger partial charge in [0.1, 0.15) is 0 Å². The van der Waals surface area contributed by atoms with E-state index in [0.29, 0.717) is 0 Å². The number of benzene rings is 1. The van der Waals surface area contributed by atoms with Crippen molar-refractivity contribution >= 4 is 23.9 Å². The Hall–Kier alpha value is -2.63. The summed E-state index contributed by atoms with van der Waals surface area (Å²) in [5.74, 6) is -0.905. The zero-order valence-corrected chi connectivity index (χ0v) is 14.9. The summed E-state index contributed by atoms with van der Waals surface area (Å²) in [5, 5.41) is 2.89. The van der Waals surface area contributed by atoms with E-state index in [4.69, 9.17) is 4.74 Å². The average Bonchev–Trinajstić information content (AvgIpc) is 3.13. The van der Waals surface area contributed by atoms with Gasteiger partial charge in [-0.1, -0.05) is 37.1 Å². The number of fused-ring (bicyclic) bond motifs is 1. The number of amides is 2. The number of rotatable bonds is 5. The summed E-state index contributed by atoms with van der Waals surface area (Å²) in [4.78, 5) is 37.6. The number of nitrogens with zero attached hydrogens (tertiary/aromatic N) is 1. The molecule has 6 nitrogen and oxygen atoms in total. The maximum absolute atomic E-state index is 12.3. The van der Waals surface area contributed by atoms with Gasteiger partial charge in [-0.25, -0.2) is 0 Å². The third kappa shape index (κ3) is 4.31. The van der Waals surface area contributed by atoms with Crippen molar-refractivity contribution in [1.29, 1.82) is 0 Å². The first-order valence-electron chi connectivity index (χ1n) is 9.05. The van der Waals surface area contributed by atoms with Gasteiger partial charge in [0.15, 0.2) is 6.61 Å². The molecule has 1 aromatic rings. The van der Waals surface area contributed by atoms with Crippen molar-refractivity contribution in [2.45, 2.75) is 51.1 Å². The minimum atomic E-state index is -0.493. The lowest BCUT2D eigenvalue weighted by Crippen LogP contribution is -2.36. The Bertz CT molecular complexity index is 722. The molecule has 0 bridgehead atoms. The quantitative estimate of drug-likeness (QED) is 0.823. The summed E-state index contributed by atoms with van der Waals surface area (Å²) in [6.45, 7) is 1.19. The van der Waals surface area contributed by atoms with Crippen molar-refractivity contribution in [2.75, 3.05) is 6.61 Å². The molecule has 0 saturated heterocycles. The first-order chi connectivity index (χ1) is 12.5. The van der Waals surface area contributed by atoms with Gasteiger partial charge >= 0.3 is 5.97 Å². The second-order valence-corrected chi connectivity index (χ2v) is 6.80. The third-order valence-corrected chi connectivity index (χ3v) is 4.91. The molecule has 26 heavy (non-hydrogen) atoms. The zero-order chi connectivity index (χ0) is 18.5. The molecular weight excluding hydrogens is 332 g/mol. The van der Waals surface area contributed by atoms with Crippen LogP contribution >= 0.6 is 0 Å². The maximum atomic E-state index is 12.3. The van der Waals surface area contributed by atoms with E-state index in [2.05, 4.69) is 5.32 Å². The second kappa shape index (κ2) is 8.17. The van der Waals surface area contributed by atoms with E-state index in [1.807, 2.05) is 30.3 Å². The molecule has 1 heterocycles. The average molecular weight is 356 g/mol. The molecule has 1 aliphatic carbocycles. The van der Waals surface area contributed by atoms with Crippen LogP contribution in [0.2, 0.25) is 0 Å². The molecule has 0 radical (unpaired) electrons. The molecule has 1 aliphatic heterocycles. The molecule has 2 amide bonds. The van der Waals surface area contributed by atoms with Crippen LogP contribution in [0.5, 0.6) is 0 Å². The third-order valence-electron chi connectivity index (χ3n) is 4.91. The molecule has 1 N–H and O–H groups in total. The molecule has 0 aromatic heterocycles. The van der Waals surface area contributed by atoms with Crippen LogP contribution in [0.1, 0.15) is 56.2 Å². The molecule has 0 spiro atoms. The number of carbonyl (C=O) groups is 3. The number of hydrogen-bond acceptors (Lipinski definition) is 4. The van der Waals surface area contributed by atoms with Gasteiger partial charge in [0, 0.05) is 19.2 Å². The maximum Gasteiger partial charge on any atom is 0.308 e. The van der Waals surface area contributed by atoms with Gasteiger partial charge in [0.05, 0.1) is 12.5 Å². The Morgan fingerprint density at radius 1 is 1.19 bits per heavy atom. The number of esters is 1. The standard InChI is InChI=1S/C20H24N2O4/c1-14(23)22-11-10-15-6-2-5-9-17(15)18(22)12-20(25)26-13-19(24)21-16-7-3-4-8-16/h2,5-6,9-11,16,18H,3-4,7-8,12-13H2,1H3,(H,21,24)/t18-/m1/s1. The van der Waals surface area contributed by atoms with Gasteiger partial charge < -0.3 is 15.0 Å². The van der Waals surface area contributed by atoms with Crippen molar-refractivity contribution in [3.8, 4) is 0 Å². The highest BCUT2D eigenvalue weighted by Crippen LogP contribution is 2.33. The Kier molecular flexibility index (Phi) is 5.71. The summed E-state index contributed by atoms with van der Waals surface area (Å²) < 4.78 is 5.15. The topological polar surface area (TPSA) is 75.7 Å². The molecular formula is C20H24N2O4. The van der Waals surface area contributed by atoms with Gasteiger partial charge in [-0.05, 0) is 30.0 Å². The SMILES string of the molecule is CC(=O)N1C=Cc2ccccc2[C@H]1CC(=O)OCC(=O)NC1CCCC1. The highest BCUT2D eigenvalue weighted by atomic mass is 16.5. The van der Waals surface area contributed by atoms with E-state index < -0.39 is 12.0 Å². The smallest absolute Gasteiger partial charge is 0.308 e. The van der Waals surface area contributed by atoms with Gasteiger partial charge in [-0.2, -0.15) is 0 Å². The van der Waals surface area contributed by atoms with Crippen LogP contribution in [-0.4, -0.2) is 35.3 Å². The van der Waals surface area contributed by atoms with Crippen molar-refractivity contribution in [3.05, 3.63) is 41.6 Å². The van der Waals surface area contributed by atoms with Crippen LogP contribution in [0.25, 0.3) is 6.08 Å². The van der Waals surface area contributed by atoms with Crippen molar-refractivity contribution in [2.24, 2.45) is 0 Å². The molecule has 1 fully saturated rings. The van der Waals surface area contributed by atoms with Crippen molar-refractivity contribution < 1.29 is 19.1 Å². The molecule has 3 rings (SSSR count). The molecule has 1 aromatic carbocycles. The van der Waals surface area contributed by atoms with E-state index in [1.165, 1.54) is 11.8 Å². The summed E-state index contributed by atoms with van der Waals surface area (Å²) >= 11 is 0. The number of hydrogen-bond donors (Lipinski definition) is 1. The highest BCUT2D eigenvalue weighted by Gasteiger charge is 2.29. The second-order valence-electron chi connectivity index (χ2n) is 6.80. The molecule has 2 aliphatic rings. The minimum absolute atomic E-state index is 0.0115. The van der Waals surface area contributed by atoms with E-state index in [0.717, 1.165) is 36.8 Å². The largest absolute Gasteiger partial charge is 0.456 e. The normalized spacial score (nSPS) is 19.1. The highest BCUT2D eigenvalue weighted by molar-refractivity contribution is 5.82. The van der Waals surface area contributed by atoms with E-state index in [1.54, 1.807) is 6.20 Å². The van der Waals surface area contributed by atoms with Crippen LogP contribution in [0.15, 0.2) is 30.5 Å². The fourth-order valence-electron chi connectivity index (χ4n) is 3.62. The van der Waals surface area contributed by atoms with Gasteiger partial charge in [0.2, 0.25) is 5.91 Å². The van der Waals surface area contributed by atoms with Crippen LogP contribution in [0.3, 0.4) is 0 Å². The van der Waals surface area contributed by atoms with Gasteiger partial charge in [-0.15, -0.1) is 0 Å². The van der Waals surface area contributed by atoms with Crippen LogP contribution < -0.4 is 5.32 Å². The first-order valence-corrected chi connectivity index (χ1v) is 9.05. The predicted molar refractivity (Wildman–Crippen MR) is 96.7 cm³/mol.